The number of halogens is 6. The molecule has 0 saturated carbocycles. The smallest absolute Gasteiger partial charge is 0.416 e. The Labute approximate surface area is 742 Å². The summed E-state index contributed by atoms with van der Waals surface area (Å²) in [6.45, 7) is 14.5. The summed E-state index contributed by atoms with van der Waals surface area (Å²) in [7, 11) is -4.69. The molecule has 3 atom stereocenters. The Kier molecular flexibility index (Phi) is 25.5. The lowest BCUT2D eigenvalue weighted by atomic mass is 9.92. The Morgan fingerprint density at radius 3 is 1.14 bits per heavy atom. The highest BCUT2D eigenvalue weighted by atomic mass is 35.5. The molecule has 14 aromatic rings. The molecule has 0 unspecified atom stereocenters. The van der Waals surface area contributed by atoms with Crippen LogP contribution in [-0.2, 0) is 29.3 Å². The van der Waals surface area contributed by atoms with Crippen LogP contribution in [0.4, 0.5) is 14.4 Å². The van der Waals surface area contributed by atoms with Crippen LogP contribution in [0.25, 0.3) is 32.7 Å². The van der Waals surface area contributed by atoms with E-state index in [1.54, 1.807) is 110 Å². The van der Waals surface area contributed by atoms with E-state index in [4.69, 9.17) is 98.0 Å². The molecule has 1 saturated heterocycles. The third-order valence-corrected chi connectivity index (χ3v) is 27.6. The second kappa shape index (κ2) is 36.7. The number of nitrogens with zero attached hydrogens (tertiary/aromatic N) is 8. The van der Waals surface area contributed by atoms with Crippen LogP contribution in [0.5, 0.6) is 46.3 Å². The molecule has 0 radical (unpaired) electrons. The Balaban J connectivity index is 0.000000137. The van der Waals surface area contributed by atoms with Gasteiger partial charge in [-0.25, -0.2) is 37.1 Å². The molecule has 22 nitrogen and oxygen atoms in total. The van der Waals surface area contributed by atoms with Gasteiger partial charge in [-0.05, 0) is 256 Å². The lowest BCUT2D eigenvalue weighted by Crippen LogP contribution is -2.43. The number of rotatable bonds is 16. The quantitative estimate of drug-likeness (QED) is 0.0761. The first-order valence-corrected chi connectivity index (χ1v) is 47.8. The van der Waals surface area contributed by atoms with E-state index in [-0.39, 0.29) is 11.9 Å². The minimum atomic E-state index is -3.25. The van der Waals surface area contributed by atoms with E-state index < -0.39 is 54.5 Å². The second-order valence-electron chi connectivity index (χ2n) is 31.7. The van der Waals surface area contributed by atoms with Crippen LogP contribution in [-0.4, -0.2) is 133 Å². The molecule has 0 spiro atoms. The maximum Gasteiger partial charge on any atom is 0.416 e. The third kappa shape index (κ3) is 19.7. The number of aromatic nitrogens is 7. The fourth-order valence-corrected chi connectivity index (χ4v) is 21.3. The van der Waals surface area contributed by atoms with Gasteiger partial charge in [-0.2, -0.15) is 0 Å². The van der Waals surface area contributed by atoms with E-state index in [1.807, 2.05) is 148 Å². The molecular formula is C93H85Cl6N11O11SSi. The number of benzene rings is 9. The minimum absolute atomic E-state index is 0.0696. The maximum atomic E-state index is 13.6. The monoisotopic (exact) mass is 1800 g/mol. The molecule has 18 rings (SSSR count). The molecule has 1 fully saturated rings. The number of nitrogens with one attached hydrogen (secondary N) is 3. The zero-order chi connectivity index (χ0) is 86.0. The van der Waals surface area contributed by atoms with E-state index in [9.17, 15) is 22.8 Å². The lowest BCUT2D eigenvalue weighted by molar-refractivity contribution is 0.133. The third-order valence-electron chi connectivity index (χ3n) is 22.1. The molecule has 30 heteroatoms. The topological polar surface area (TPSA) is 253 Å². The Hall–Kier alpha value is -11.2. The SMILES string of the molecule is C[Si](C)(C)CCS(=O)(=O)N1CCC(Oc2ccc([C@H]3c4[nH]c5ccc(Cl)cc5c4CCN3C(=O)Oc3ccc(Cl)cc3)cc2)CC1.Cc1cnc(C)c(Oc2ccc([C@H]3c4[nH]c5ccc(Cl)cc5c4CCN3C(=O)Oc3ccc(Cl)cc3)cc2)n1.Cc1nccnc1Oc1ccc([C@H]2c3[nH]c4ccc(Cl)cc4c3CCN2C(=O)Oc2ccc(Cl)cc2)cc1. The number of hydrogen-bond acceptors (Lipinski definition) is 15. The van der Waals surface area contributed by atoms with Gasteiger partial charge in [0.05, 0.1) is 22.8 Å². The van der Waals surface area contributed by atoms with E-state index in [2.05, 4.69) is 54.5 Å². The van der Waals surface area contributed by atoms with Crippen LogP contribution in [0.3, 0.4) is 0 Å². The van der Waals surface area contributed by atoms with Crippen molar-refractivity contribution in [3.8, 4) is 46.3 Å². The highest BCUT2D eigenvalue weighted by Crippen LogP contribution is 2.45. The van der Waals surface area contributed by atoms with Crippen molar-refractivity contribution in [2.45, 2.75) is 103 Å². The Morgan fingerprint density at radius 1 is 0.423 bits per heavy atom. The van der Waals surface area contributed by atoms with E-state index >= 15 is 0 Å². The van der Waals surface area contributed by atoms with Crippen molar-refractivity contribution >= 4 is 139 Å². The average molecular weight is 1810 g/mol. The van der Waals surface area contributed by atoms with Crippen molar-refractivity contribution in [1.82, 2.24) is 53.9 Å². The number of piperidine rings is 1. The van der Waals surface area contributed by atoms with Gasteiger partial charge < -0.3 is 43.4 Å². The summed E-state index contributed by atoms with van der Waals surface area (Å²) in [6.07, 6.45) is 6.75. The number of carbonyl (C=O) groups is 3. The highest BCUT2D eigenvalue weighted by molar-refractivity contribution is 7.89. The van der Waals surface area contributed by atoms with Gasteiger partial charge in [0.1, 0.15) is 58.7 Å². The number of H-pyrrole nitrogens is 3. The molecule has 4 aliphatic rings. The second-order valence-corrected chi connectivity index (χ2v) is 42.1. The molecule has 5 aromatic heterocycles. The maximum absolute atomic E-state index is 13.6. The summed E-state index contributed by atoms with van der Waals surface area (Å²) in [5, 5.41) is 6.86. The molecule has 9 aromatic carbocycles. The summed E-state index contributed by atoms with van der Waals surface area (Å²) < 4.78 is 62.9. The first-order chi connectivity index (χ1) is 59.2. The van der Waals surface area contributed by atoms with Crippen LogP contribution in [0, 0.1) is 20.8 Å². The van der Waals surface area contributed by atoms with Crippen LogP contribution < -0.4 is 28.4 Å². The minimum Gasteiger partial charge on any atom is -0.490 e. The molecule has 4 aliphatic heterocycles. The van der Waals surface area contributed by atoms with E-state index in [0.29, 0.717) is 153 Å². The summed E-state index contributed by atoms with van der Waals surface area (Å²) in [5.74, 6) is 4.35. The van der Waals surface area contributed by atoms with Crippen molar-refractivity contribution in [3.63, 3.8) is 0 Å². The first kappa shape index (κ1) is 85.4. The predicted molar refractivity (Wildman–Crippen MR) is 484 cm³/mol. The largest absolute Gasteiger partial charge is 0.490 e. The van der Waals surface area contributed by atoms with Gasteiger partial charge in [-0.15, -0.1) is 0 Å². The Bertz CT molecular complexity index is 6360. The summed E-state index contributed by atoms with van der Waals surface area (Å²) in [5.41, 5.74) is 14.0. The zero-order valence-corrected chi connectivity index (χ0v) is 74.2. The molecule has 3 N–H and O–H groups in total. The van der Waals surface area contributed by atoms with E-state index in [0.717, 1.165) is 94.9 Å². The van der Waals surface area contributed by atoms with Crippen molar-refractivity contribution in [3.05, 3.63) is 316 Å². The van der Waals surface area contributed by atoms with Crippen molar-refractivity contribution in [1.29, 1.82) is 0 Å². The van der Waals surface area contributed by atoms with Gasteiger partial charge in [-0.3, -0.25) is 24.7 Å². The Morgan fingerprint density at radius 2 is 0.764 bits per heavy atom. The van der Waals surface area contributed by atoms with Gasteiger partial charge in [0.25, 0.3) is 0 Å². The number of amides is 3. The van der Waals surface area contributed by atoms with Gasteiger partial charge in [-0.1, -0.05) is 126 Å². The molecular weight excluding hydrogens is 1720 g/mol. The number of hydrogen-bond donors (Lipinski definition) is 3. The van der Waals surface area contributed by atoms with Crippen LogP contribution in [0.1, 0.15) is 98.5 Å². The van der Waals surface area contributed by atoms with Crippen molar-refractivity contribution < 1.29 is 51.2 Å². The lowest BCUT2D eigenvalue weighted by Gasteiger charge is -2.35. The van der Waals surface area contributed by atoms with Gasteiger partial charge in [0.2, 0.25) is 21.8 Å². The normalized spacial score (nSPS) is 16.0. The van der Waals surface area contributed by atoms with Gasteiger partial charge in [0.15, 0.2) is 0 Å². The predicted octanol–water partition coefficient (Wildman–Crippen LogP) is 23.5. The van der Waals surface area contributed by atoms with Crippen LogP contribution in [0.15, 0.2) is 219 Å². The molecule has 630 valence electrons. The highest BCUT2D eigenvalue weighted by Gasteiger charge is 2.40. The number of ether oxygens (including phenoxy) is 6. The molecule has 123 heavy (non-hydrogen) atoms. The van der Waals surface area contributed by atoms with Gasteiger partial charge in [0, 0.05) is 139 Å². The number of aromatic amines is 3. The van der Waals surface area contributed by atoms with Crippen molar-refractivity contribution in [2.24, 2.45) is 0 Å². The molecule has 0 aliphatic carbocycles. The average Bonchev–Trinajstić information content (AvgIpc) is 1.55. The van der Waals surface area contributed by atoms with Crippen LogP contribution >= 0.6 is 69.6 Å². The van der Waals surface area contributed by atoms with Crippen LogP contribution in [0.2, 0.25) is 55.8 Å². The van der Waals surface area contributed by atoms with Gasteiger partial charge >= 0.3 is 18.3 Å². The molecule has 3 amide bonds. The summed E-state index contributed by atoms with van der Waals surface area (Å²) >= 11 is 37.0. The van der Waals surface area contributed by atoms with E-state index in [1.165, 1.54) is 0 Å². The standard InChI is InChI=1S/C34H39Cl2N3O5SSi.C30H24Cl2N4O3.C29H22Cl2N4O3/c1-46(2,3)21-20-45(41,42)38-17-14-28(15-18-38)43-26-9-4-23(5-10-26)33-32-29(30-22-25(36)8-13-31(30)37-32)16-19-39(33)34(40)44-27-11-6-24(35)7-12-27;1-17-16-33-18(2)29(34-17)38-22-8-3-19(4-9-22)28-27-24(25-15-21(32)7-12-26(25)35-27)13-14-36(28)30(37)39-23-10-5-20(31)6-11-23;1-17-28(33-14-13-32-17)37-21-7-2-18(3-8-21)27-26-23(24-16-20(31)6-11-25(24)34-26)12-15-35(27)29(36)38-22-9-4-19(30)5-10-22/h4-13,22,28,33,37H,14-21H2,1-3H3;3-12,15-16,28,35H,13-14H2,1-2H3;2-11,13-14,16,27,34H,12,15H2,1H3/t33-;28-;27-/m000/s1. The zero-order valence-electron chi connectivity index (χ0n) is 67.8. The summed E-state index contributed by atoms with van der Waals surface area (Å²) in [4.78, 5) is 73.6. The van der Waals surface area contributed by atoms with Crippen molar-refractivity contribution in [2.75, 3.05) is 38.5 Å². The number of sulfonamides is 1. The summed E-state index contributed by atoms with van der Waals surface area (Å²) in [6, 6.07) is 60.1. The first-order valence-electron chi connectivity index (χ1n) is 40.2. The number of fused-ring (bicyclic) bond motifs is 9. The molecule has 0 bridgehead atoms. The number of carbonyl (C=O) groups excluding carboxylic acids is 3. The fourth-order valence-electron chi connectivity index (χ4n) is 15.9. The number of aryl methyl sites for hydroxylation is 3. The fraction of sp³-hybridized carbons (Fsp3) is 0.237. The molecule has 9 heterocycles.